The molecule has 0 atom stereocenters. The van der Waals surface area contributed by atoms with Crippen molar-refractivity contribution in [3.8, 4) is 0 Å². The molecule has 0 saturated carbocycles. The van der Waals surface area contributed by atoms with E-state index < -0.39 is 0 Å². The number of benzene rings is 3. The van der Waals surface area contributed by atoms with Crippen LogP contribution >= 0.6 is 0 Å². The van der Waals surface area contributed by atoms with Crippen molar-refractivity contribution >= 4 is 22.7 Å². The number of rotatable bonds is 6. The lowest BCUT2D eigenvalue weighted by Gasteiger charge is -2.14. The maximum Gasteiger partial charge on any atom is 0.204 e. The maximum absolute atomic E-state index is 4.81. The van der Waals surface area contributed by atoms with Crippen molar-refractivity contribution in [2.75, 3.05) is 24.3 Å². The predicted molar refractivity (Wildman–Crippen MR) is 113 cm³/mol. The Labute approximate surface area is 160 Å². The standard InChI is InChI=1S/C23H24N4/c1-26(2)20-14-12-18(13-15-20)16-24-23-25-21-10-6-7-11-22(21)27(23)17-19-8-4-3-5-9-19/h3-15H,16-17H2,1-2H3,(H,24,25). The van der Waals surface area contributed by atoms with Gasteiger partial charge < -0.3 is 14.8 Å². The van der Waals surface area contributed by atoms with Gasteiger partial charge in [0.05, 0.1) is 17.6 Å². The minimum absolute atomic E-state index is 0.742. The Morgan fingerprint density at radius 1 is 0.815 bits per heavy atom. The monoisotopic (exact) mass is 356 g/mol. The molecule has 1 N–H and O–H groups in total. The Hall–Kier alpha value is -3.27. The van der Waals surface area contributed by atoms with E-state index >= 15 is 0 Å². The predicted octanol–water partition coefficient (Wildman–Crippen LogP) is 4.76. The quantitative estimate of drug-likeness (QED) is 0.540. The number of hydrogen-bond donors (Lipinski definition) is 1. The van der Waals surface area contributed by atoms with Crippen LogP contribution in [0, 0.1) is 0 Å². The second kappa shape index (κ2) is 7.54. The van der Waals surface area contributed by atoms with Crippen LogP contribution in [0.1, 0.15) is 11.1 Å². The number of nitrogens with zero attached hydrogens (tertiary/aromatic N) is 3. The summed E-state index contributed by atoms with van der Waals surface area (Å²) in [4.78, 5) is 6.92. The molecular weight excluding hydrogens is 332 g/mol. The third-order valence-electron chi connectivity index (χ3n) is 4.74. The van der Waals surface area contributed by atoms with Gasteiger partial charge in [0.2, 0.25) is 5.95 Å². The largest absolute Gasteiger partial charge is 0.378 e. The number of aromatic nitrogens is 2. The SMILES string of the molecule is CN(C)c1ccc(CNc2nc3ccccc3n2Cc2ccccc2)cc1. The van der Waals surface area contributed by atoms with Gasteiger partial charge in [-0.2, -0.15) is 0 Å². The third-order valence-corrected chi connectivity index (χ3v) is 4.74. The zero-order chi connectivity index (χ0) is 18.6. The van der Waals surface area contributed by atoms with Crippen LogP contribution in [0.4, 0.5) is 11.6 Å². The molecule has 4 rings (SSSR count). The van der Waals surface area contributed by atoms with Gasteiger partial charge in [-0.05, 0) is 35.4 Å². The summed E-state index contributed by atoms with van der Waals surface area (Å²) in [6.45, 7) is 1.54. The fourth-order valence-electron chi connectivity index (χ4n) is 3.23. The molecule has 0 aliphatic rings. The number of hydrogen-bond acceptors (Lipinski definition) is 3. The van der Waals surface area contributed by atoms with E-state index in [1.54, 1.807) is 0 Å². The van der Waals surface area contributed by atoms with E-state index in [1.165, 1.54) is 16.8 Å². The molecule has 1 heterocycles. The average molecular weight is 356 g/mol. The molecule has 0 spiro atoms. The van der Waals surface area contributed by atoms with E-state index in [9.17, 15) is 0 Å². The van der Waals surface area contributed by atoms with Gasteiger partial charge in [0.15, 0.2) is 0 Å². The maximum atomic E-state index is 4.81. The summed E-state index contributed by atoms with van der Waals surface area (Å²) in [6.07, 6.45) is 0. The highest BCUT2D eigenvalue weighted by molar-refractivity contribution is 5.78. The number of imidazole rings is 1. The zero-order valence-corrected chi connectivity index (χ0v) is 15.8. The molecule has 0 aliphatic carbocycles. The first kappa shape index (κ1) is 17.2. The van der Waals surface area contributed by atoms with E-state index in [-0.39, 0.29) is 0 Å². The van der Waals surface area contributed by atoms with Crippen LogP contribution < -0.4 is 10.2 Å². The van der Waals surface area contributed by atoms with Crippen molar-refractivity contribution in [3.63, 3.8) is 0 Å². The molecule has 27 heavy (non-hydrogen) atoms. The number of nitrogens with one attached hydrogen (secondary N) is 1. The summed E-state index contributed by atoms with van der Waals surface area (Å²) in [5, 5.41) is 3.53. The zero-order valence-electron chi connectivity index (χ0n) is 15.8. The Kier molecular flexibility index (Phi) is 4.79. The highest BCUT2D eigenvalue weighted by Gasteiger charge is 2.10. The molecule has 0 radical (unpaired) electrons. The third kappa shape index (κ3) is 3.80. The highest BCUT2D eigenvalue weighted by atomic mass is 15.2. The van der Waals surface area contributed by atoms with Gasteiger partial charge in [0.25, 0.3) is 0 Å². The molecule has 4 nitrogen and oxygen atoms in total. The summed E-state index contributed by atoms with van der Waals surface area (Å²) in [5.74, 6) is 0.900. The van der Waals surface area contributed by atoms with Crippen LogP contribution in [-0.2, 0) is 13.1 Å². The Balaban J connectivity index is 1.60. The van der Waals surface area contributed by atoms with Crippen molar-refractivity contribution in [2.24, 2.45) is 0 Å². The molecule has 4 aromatic rings. The van der Waals surface area contributed by atoms with Crippen molar-refractivity contribution in [1.29, 1.82) is 0 Å². The summed E-state index contributed by atoms with van der Waals surface area (Å²) >= 11 is 0. The molecular formula is C23H24N4. The minimum atomic E-state index is 0.742. The first-order valence-electron chi connectivity index (χ1n) is 9.20. The summed E-state index contributed by atoms with van der Waals surface area (Å²) in [7, 11) is 4.11. The second-order valence-electron chi connectivity index (χ2n) is 6.91. The van der Waals surface area contributed by atoms with E-state index in [2.05, 4.69) is 95.6 Å². The molecule has 0 unspecified atom stereocenters. The normalized spacial score (nSPS) is 10.9. The first-order valence-corrected chi connectivity index (χ1v) is 9.20. The van der Waals surface area contributed by atoms with E-state index in [1.807, 2.05) is 12.1 Å². The van der Waals surface area contributed by atoms with Crippen molar-refractivity contribution in [2.45, 2.75) is 13.1 Å². The molecule has 0 saturated heterocycles. The Morgan fingerprint density at radius 2 is 1.52 bits per heavy atom. The van der Waals surface area contributed by atoms with Crippen molar-refractivity contribution < 1.29 is 0 Å². The van der Waals surface area contributed by atoms with Gasteiger partial charge in [-0.25, -0.2) is 4.98 Å². The summed E-state index contributed by atoms with van der Waals surface area (Å²) < 4.78 is 2.25. The van der Waals surface area contributed by atoms with Gasteiger partial charge in [-0.1, -0.05) is 54.6 Å². The number of anilines is 2. The Bertz CT molecular complexity index is 1020. The van der Waals surface area contributed by atoms with Gasteiger partial charge in [-0.15, -0.1) is 0 Å². The molecule has 0 fully saturated rings. The second-order valence-corrected chi connectivity index (χ2v) is 6.91. The average Bonchev–Trinajstić information content (AvgIpc) is 3.05. The van der Waals surface area contributed by atoms with Gasteiger partial charge in [-0.3, -0.25) is 0 Å². The van der Waals surface area contributed by atoms with Gasteiger partial charge in [0, 0.05) is 26.3 Å². The van der Waals surface area contributed by atoms with Gasteiger partial charge in [0.1, 0.15) is 0 Å². The summed E-state index contributed by atoms with van der Waals surface area (Å²) in [6, 6.07) is 27.4. The highest BCUT2D eigenvalue weighted by Crippen LogP contribution is 2.22. The molecule has 4 heteroatoms. The van der Waals surface area contributed by atoms with E-state index in [0.29, 0.717) is 0 Å². The molecule has 3 aromatic carbocycles. The smallest absolute Gasteiger partial charge is 0.204 e. The fraction of sp³-hybridized carbons (Fsp3) is 0.174. The van der Waals surface area contributed by atoms with E-state index in [4.69, 9.17) is 4.98 Å². The van der Waals surface area contributed by atoms with Crippen LogP contribution in [0.2, 0.25) is 0 Å². The van der Waals surface area contributed by atoms with E-state index in [0.717, 1.165) is 30.1 Å². The van der Waals surface area contributed by atoms with Gasteiger partial charge >= 0.3 is 0 Å². The summed E-state index contributed by atoms with van der Waals surface area (Å²) in [5.41, 5.74) is 5.86. The van der Waals surface area contributed by atoms with Crippen LogP contribution in [0.15, 0.2) is 78.9 Å². The van der Waals surface area contributed by atoms with Crippen LogP contribution in [0.5, 0.6) is 0 Å². The molecule has 1 aromatic heterocycles. The molecule has 0 bridgehead atoms. The lowest BCUT2D eigenvalue weighted by molar-refractivity contribution is 0.822. The molecule has 0 aliphatic heterocycles. The topological polar surface area (TPSA) is 33.1 Å². The lowest BCUT2D eigenvalue weighted by Crippen LogP contribution is -2.10. The number of para-hydroxylation sites is 2. The Morgan fingerprint density at radius 3 is 2.26 bits per heavy atom. The fourth-order valence-corrected chi connectivity index (χ4v) is 3.23. The number of fused-ring (bicyclic) bond motifs is 1. The first-order chi connectivity index (χ1) is 13.2. The van der Waals surface area contributed by atoms with Crippen LogP contribution in [0.25, 0.3) is 11.0 Å². The molecule has 136 valence electrons. The van der Waals surface area contributed by atoms with Crippen LogP contribution in [-0.4, -0.2) is 23.6 Å². The van der Waals surface area contributed by atoms with Crippen molar-refractivity contribution in [1.82, 2.24) is 9.55 Å². The molecule has 0 amide bonds. The van der Waals surface area contributed by atoms with Crippen LogP contribution in [0.3, 0.4) is 0 Å². The minimum Gasteiger partial charge on any atom is -0.378 e. The van der Waals surface area contributed by atoms with Crippen molar-refractivity contribution in [3.05, 3.63) is 90.0 Å². The lowest BCUT2D eigenvalue weighted by atomic mass is 10.2.